The molecule has 20 heavy (non-hydrogen) atoms. The molecule has 1 aliphatic rings. The van der Waals surface area contributed by atoms with Crippen LogP contribution in [0.25, 0.3) is 4.96 Å². The summed E-state index contributed by atoms with van der Waals surface area (Å²) in [6.07, 6.45) is 5.33. The lowest BCUT2D eigenvalue weighted by Crippen LogP contribution is -2.52. The number of hydrogen-bond acceptors (Lipinski definition) is 5. The highest BCUT2D eigenvalue weighted by atomic mass is 32.1. The third-order valence-electron chi connectivity index (χ3n) is 4.02. The number of aromatic nitrogens is 2. The highest BCUT2D eigenvalue weighted by molar-refractivity contribution is 7.15. The number of rotatable bonds is 5. The number of imidazole rings is 1. The van der Waals surface area contributed by atoms with Gasteiger partial charge in [-0.2, -0.15) is 0 Å². The summed E-state index contributed by atoms with van der Waals surface area (Å²) in [6.45, 7) is 6.18. The van der Waals surface area contributed by atoms with E-state index in [1.165, 1.54) is 0 Å². The van der Waals surface area contributed by atoms with Crippen molar-refractivity contribution in [2.24, 2.45) is 0 Å². The van der Waals surface area contributed by atoms with Crippen LogP contribution >= 0.6 is 11.3 Å². The van der Waals surface area contributed by atoms with Crippen molar-refractivity contribution in [1.82, 2.24) is 19.6 Å². The van der Waals surface area contributed by atoms with Crippen LogP contribution in [0.3, 0.4) is 0 Å². The Morgan fingerprint density at radius 2 is 2.50 bits per heavy atom. The van der Waals surface area contributed by atoms with Crippen molar-refractivity contribution < 1.29 is 4.74 Å². The zero-order chi connectivity index (χ0) is 13.9. The topological polar surface area (TPSA) is 41.8 Å². The number of thiazole rings is 1. The monoisotopic (exact) mass is 294 g/mol. The van der Waals surface area contributed by atoms with E-state index in [0.717, 1.165) is 43.3 Å². The molecular weight excluding hydrogens is 272 g/mol. The second-order valence-corrected chi connectivity index (χ2v) is 6.10. The zero-order valence-corrected chi connectivity index (χ0v) is 12.9. The number of nitrogens with one attached hydrogen (secondary N) is 1. The van der Waals surface area contributed by atoms with E-state index in [1.54, 1.807) is 11.3 Å². The minimum atomic E-state index is 0.244. The Hall–Kier alpha value is -0.950. The summed E-state index contributed by atoms with van der Waals surface area (Å²) in [6, 6.07) is 0.314. The van der Waals surface area contributed by atoms with E-state index in [-0.39, 0.29) is 6.10 Å². The molecule has 5 nitrogen and oxygen atoms in total. The molecule has 1 N–H and O–H groups in total. The van der Waals surface area contributed by atoms with E-state index >= 15 is 0 Å². The summed E-state index contributed by atoms with van der Waals surface area (Å²) in [4.78, 5) is 8.18. The summed E-state index contributed by atoms with van der Waals surface area (Å²) in [5.41, 5.74) is 1.13. The molecule has 1 aliphatic heterocycles. The molecule has 2 unspecified atom stereocenters. The van der Waals surface area contributed by atoms with E-state index < -0.39 is 0 Å². The second kappa shape index (κ2) is 6.22. The van der Waals surface area contributed by atoms with Gasteiger partial charge in [0.05, 0.1) is 18.4 Å². The van der Waals surface area contributed by atoms with Gasteiger partial charge >= 0.3 is 0 Å². The van der Waals surface area contributed by atoms with Crippen molar-refractivity contribution in [2.75, 3.05) is 33.3 Å². The van der Waals surface area contributed by atoms with Crippen molar-refractivity contribution in [3.63, 3.8) is 0 Å². The molecule has 0 aromatic carbocycles. The van der Waals surface area contributed by atoms with Crippen LogP contribution in [0.15, 0.2) is 17.8 Å². The van der Waals surface area contributed by atoms with Crippen LogP contribution in [0.4, 0.5) is 0 Å². The zero-order valence-electron chi connectivity index (χ0n) is 12.1. The standard InChI is InChI=1S/C14H22N4OS/c1-3-17-4-6-19-13(10-17)12(15-2)8-11-9-18-5-7-20-14(18)16-11/h5,7,9,12-13,15H,3-4,6,8,10H2,1-2H3. The van der Waals surface area contributed by atoms with Gasteiger partial charge in [0.15, 0.2) is 4.96 Å². The molecule has 0 radical (unpaired) electrons. The summed E-state index contributed by atoms with van der Waals surface area (Å²) >= 11 is 1.67. The lowest BCUT2D eigenvalue weighted by Gasteiger charge is -2.36. The van der Waals surface area contributed by atoms with Crippen LogP contribution in [-0.2, 0) is 11.2 Å². The van der Waals surface area contributed by atoms with Crippen molar-refractivity contribution in [1.29, 1.82) is 0 Å². The van der Waals surface area contributed by atoms with Gasteiger partial charge in [-0.05, 0) is 13.6 Å². The van der Waals surface area contributed by atoms with Gasteiger partial charge in [-0.15, -0.1) is 11.3 Å². The molecule has 0 aliphatic carbocycles. The molecule has 110 valence electrons. The minimum absolute atomic E-state index is 0.244. The SMILES string of the molecule is CCN1CCOC(C(Cc2cn3ccsc3n2)NC)C1. The Bertz CT molecular complexity index is 524. The van der Waals surface area contributed by atoms with E-state index in [0.29, 0.717) is 6.04 Å². The number of ether oxygens (including phenoxy) is 1. The predicted molar refractivity (Wildman–Crippen MR) is 81.5 cm³/mol. The fraction of sp³-hybridized carbons (Fsp3) is 0.643. The van der Waals surface area contributed by atoms with Gasteiger partial charge in [-0.1, -0.05) is 6.92 Å². The Balaban J connectivity index is 1.68. The van der Waals surface area contributed by atoms with Gasteiger partial charge in [0.2, 0.25) is 0 Å². The first-order valence-electron chi connectivity index (χ1n) is 7.22. The maximum atomic E-state index is 5.95. The summed E-state index contributed by atoms with van der Waals surface area (Å²) in [7, 11) is 2.01. The molecular formula is C14H22N4OS. The maximum absolute atomic E-state index is 5.95. The molecule has 2 aromatic rings. The average Bonchev–Trinajstić information content (AvgIpc) is 3.05. The summed E-state index contributed by atoms with van der Waals surface area (Å²) in [5.74, 6) is 0. The third-order valence-corrected chi connectivity index (χ3v) is 4.79. The number of hydrogen-bond donors (Lipinski definition) is 1. The first-order valence-corrected chi connectivity index (χ1v) is 8.10. The van der Waals surface area contributed by atoms with E-state index in [1.807, 2.05) is 7.05 Å². The second-order valence-electron chi connectivity index (χ2n) is 5.23. The van der Waals surface area contributed by atoms with Crippen molar-refractivity contribution in [3.05, 3.63) is 23.5 Å². The van der Waals surface area contributed by atoms with E-state index in [9.17, 15) is 0 Å². The number of nitrogens with zero attached hydrogens (tertiary/aromatic N) is 3. The van der Waals surface area contributed by atoms with Crippen molar-refractivity contribution in [2.45, 2.75) is 25.5 Å². The van der Waals surface area contributed by atoms with Crippen LogP contribution in [0.2, 0.25) is 0 Å². The fourth-order valence-electron chi connectivity index (χ4n) is 2.78. The molecule has 1 saturated heterocycles. The molecule has 0 amide bonds. The quantitative estimate of drug-likeness (QED) is 0.901. The molecule has 0 saturated carbocycles. The Morgan fingerprint density at radius 3 is 3.25 bits per heavy atom. The molecule has 3 heterocycles. The van der Waals surface area contributed by atoms with E-state index in [4.69, 9.17) is 4.74 Å². The normalized spacial score (nSPS) is 22.4. The van der Waals surface area contributed by atoms with E-state index in [2.05, 4.69) is 44.3 Å². The van der Waals surface area contributed by atoms with Crippen LogP contribution in [0.1, 0.15) is 12.6 Å². The van der Waals surface area contributed by atoms with Gasteiger partial charge in [0.25, 0.3) is 0 Å². The van der Waals surface area contributed by atoms with Crippen LogP contribution in [0.5, 0.6) is 0 Å². The fourth-order valence-corrected chi connectivity index (χ4v) is 3.50. The van der Waals surface area contributed by atoms with Gasteiger partial charge in [-0.25, -0.2) is 4.98 Å². The number of likely N-dealkylation sites (N-methyl/N-ethyl adjacent to an activating group) is 2. The van der Waals surface area contributed by atoms with Crippen LogP contribution < -0.4 is 5.32 Å². The first kappa shape index (κ1) is 14.0. The van der Waals surface area contributed by atoms with Gasteiger partial charge in [-0.3, -0.25) is 9.30 Å². The highest BCUT2D eigenvalue weighted by Crippen LogP contribution is 2.16. The predicted octanol–water partition coefficient (Wildman–Crippen LogP) is 1.25. The van der Waals surface area contributed by atoms with Crippen LogP contribution in [-0.4, -0.2) is 59.7 Å². The third kappa shape index (κ3) is 2.88. The number of morpholine rings is 1. The lowest BCUT2D eigenvalue weighted by molar-refractivity contribution is -0.0437. The first-order chi connectivity index (χ1) is 9.80. The molecule has 1 fully saturated rings. The molecule has 0 bridgehead atoms. The van der Waals surface area contributed by atoms with Crippen molar-refractivity contribution in [3.8, 4) is 0 Å². The smallest absolute Gasteiger partial charge is 0.193 e. The molecule has 0 spiro atoms. The van der Waals surface area contributed by atoms with Gasteiger partial charge < -0.3 is 10.1 Å². The summed E-state index contributed by atoms with van der Waals surface area (Å²) < 4.78 is 8.04. The Morgan fingerprint density at radius 1 is 1.60 bits per heavy atom. The minimum Gasteiger partial charge on any atom is -0.374 e. The largest absolute Gasteiger partial charge is 0.374 e. The molecule has 6 heteroatoms. The molecule has 2 aromatic heterocycles. The average molecular weight is 294 g/mol. The highest BCUT2D eigenvalue weighted by Gasteiger charge is 2.27. The summed E-state index contributed by atoms with van der Waals surface area (Å²) in [5, 5.41) is 5.46. The lowest BCUT2D eigenvalue weighted by atomic mass is 10.0. The van der Waals surface area contributed by atoms with Gasteiger partial charge in [0, 0.05) is 43.3 Å². The van der Waals surface area contributed by atoms with Crippen LogP contribution in [0, 0.1) is 0 Å². The Labute approximate surface area is 123 Å². The maximum Gasteiger partial charge on any atom is 0.193 e. The van der Waals surface area contributed by atoms with Gasteiger partial charge in [0.1, 0.15) is 0 Å². The van der Waals surface area contributed by atoms with Crippen molar-refractivity contribution >= 4 is 16.3 Å². The Kier molecular flexibility index (Phi) is 4.35. The molecule has 2 atom stereocenters. The molecule has 3 rings (SSSR count). The number of fused-ring (bicyclic) bond motifs is 1.